The number of rotatable bonds is 4. The lowest BCUT2D eigenvalue weighted by molar-refractivity contribution is -0.116. The number of pyridine rings is 1. The molecule has 0 bridgehead atoms. The maximum Gasteiger partial charge on any atom is 0.255 e. The molecule has 0 saturated carbocycles. The number of benzene rings is 2. The van der Waals surface area contributed by atoms with Gasteiger partial charge >= 0.3 is 0 Å². The number of fused-ring (bicyclic) bond motifs is 2. The Morgan fingerprint density at radius 3 is 2.88 bits per heavy atom. The Balaban J connectivity index is 1.43. The summed E-state index contributed by atoms with van der Waals surface area (Å²) in [5.74, 6) is 1.10. The van der Waals surface area contributed by atoms with Gasteiger partial charge in [-0.25, -0.2) is 0 Å². The molecule has 0 aliphatic carbocycles. The second-order valence-electron chi connectivity index (χ2n) is 5.88. The fraction of sp³-hybridized carbons (Fsp3) is 0.100. The van der Waals surface area contributed by atoms with Crippen molar-refractivity contribution in [1.82, 2.24) is 10.3 Å². The molecule has 1 aromatic heterocycles. The molecule has 1 aliphatic heterocycles. The van der Waals surface area contributed by atoms with Crippen molar-refractivity contribution in [3.8, 4) is 11.5 Å². The van der Waals surface area contributed by atoms with Gasteiger partial charge in [0.1, 0.15) is 0 Å². The number of H-pyrrole nitrogens is 1. The number of nitrogens with one attached hydrogen (secondary N) is 2. The van der Waals surface area contributed by atoms with Gasteiger partial charge in [-0.3, -0.25) is 9.59 Å². The maximum absolute atomic E-state index is 12.1. The van der Waals surface area contributed by atoms with Crippen LogP contribution in [0.2, 0.25) is 0 Å². The molecule has 1 amide bonds. The zero-order valence-electron chi connectivity index (χ0n) is 13.8. The van der Waals surface area contributed by atoms with Crippen molar-refractivity contribution in [1.29, 1.82) is 0 Å². The summed E-state index contributed by atoms with van der Waals surface area (Å²) >= 11 is 0. The quantitative estimate of drug-likeness (QED) is 0.710. The van der Waals surface area contributed by atoms with E-state index in [4.69, 9.17) is 9.47 Å². The predicted molar refractivity (Wildman–Crippen MR) is 98.0 cm³/mol. The molecule has 0 fully saturated rings. The standard InChI is InChI=1S/C20H16N2O4/c23-19(21-11-13-5-7-17-18(9-13)26-12-25-17)8-6-15-10-14-3-1-2-4-16(14)22-20(15)24/h1-10H,11-12H2,(H,21,23)(H,22,24)/b8-6+. The van der Waals surface area contributed by atoms with Crippen molar-refractivity contribution in [2.75, 3.05) is 6.79 Å². The van der Waals surface area contributed by atoms with E-state index >= 15 is 0 Å². The molecular weight excluding hydrogens is 332 g/mol. The number of carbonyl (C=O) groups is 1. The molecular formula is C20H16N2O4. The van der Waals surface area contributed by atoms with Crippen LogP contribution in [-0.4, -0.2) is 17.7 Å². The van der Waals surface area contributed by atoms with Crippen LogP contribution in [0.25, 0.3) is 17.0 Å². The summed E-state index contributed by atoms with van der Waals surface area (Å²) < 4.78 is 10.6. The Morgan fingerprint density at radius 1 is 1.12 bits per heavy atom. The van der Waals surface area contributed by atoms with Crippen molar-refractivity contribution < 1.29 is 14.3 Å². The number of para-hydroxylation sites is 1. The lowest BCUT2D eigenvalue weighted by Crippen LogP contribution is -2.20. The summed E-state index contributed by atoms with van der Waals surface area (Å²) in [4.78, 5) is 26.9. The first-order valence-electron chi connectivity index (χ1n) is 8.15. The molecule has 1 aliphatic rings. The average molecular weight is 348 g/mol. The average Bonchev–Trinajstić information content (AvgIpc) is 3.12. The van der Waals surface area contributed by atoms with Crippen LogP contribution in [0, 0.1) is 0 Å². The van der Waals surface area contributed by atoms with E-state index in [1.807, 2.05) is 42.5 Å². The molecule has 6 heteroatoms. The molecule has 0 radical (unpaired) electrons. The number of amides is 1. The van der Waals surface area contributed by atoms with Crippen molar-refractivity contribution in [2.45, 2.75) is 6.54 Å². The monoisotopic (exact) mass is 348 g/mol. The second kappa shape index (κ2) is 6.76. The van der Waals surface area contributed by atoms with E-state index in [1.165, 1.54) is 12.2 Å². The summed E-state index contributed by atoms with van der Waals surface area (Å²) in [6, 6.07) is 14.8. The van der Waals surface area contributed by atoms with E-state index in [1.54, 1.807) is 6.07 Å². The molecule has 4 rings (SSSR count). The summed E-state index contributed by atoms with van der Waals surface area (Å²) in [7, 11) is 0. The highest BCUT2D eigenvalue weighted by Gasteiger charge is 2.13. The smallest absolute Gasteiger partial charge is 0.255 e. The number of aromatic amines is 1. The number of carbonyl (C=O) groups excluding carboxylic acids is 1. The van der Waals surface area contributed by atoms with Gasteiger partial charge in [-0.05, 0) is 41.3 Å². The van der Waals surface area contributed by atoms with Gasteiger partial charge in [0.2, 0.25) is 12.7 Å². The summed E-state index contributed by atoms with van der Waals surface area (Å²) in [5.41, 5.74) is 1.87. The van der Waals surface area contributed by atoms with E-state index in [-0.39, 0.29) is 18.3 Å². The van der Waals surface area contributed by atoms with Gasteiger partial charge in [0.25, 0.3) is 5.56 Å². The molecule has 6 nitrogen and oxygen atoms in total. The van der Waals surface area contributed by atoms with Gasteiger partial charge in [-0.2, -0.15) is 0 Å². The number of hydrogen-bond donors (Lipinski definition) is 2. The Bertz CT molecular complexity index is 1070. The topological polar surface area (TPSA) is 80.4 Å². The van der Waals surface area contributed by atoms with E-state index in [0.29, 0.717) is 23.6 Å². The fourth-order valence-corrected chi connectivity index (χ4v) is 2.75. The van der Waals surface area contributed by atoms with Crippen molar-refractivity contribution in [3.05, 3.63) is 76.1 Å². The van der Waals surface area contributed by atoms with Gasteiger partial charge in [0.05, 0.1) is 0 Å². The fourth-order valence-electron chi connectivity index (χ4n) is 2.75. The SMILES string of the molecule is O=C(/C=C/c1cc2ccccc2[nH]c1=O)NCc1ccc2c(c1)OCO2. The van der Waals surface area contributed by atoms with Crippen LogP contribution < -0.4 is 20.3 Å². The first-order chi connectivity index (χ1) is 12.7. The molecule has 26 heavy (non-hydrogen) atoms. The van der Waals surface area contributed by atoms with Gasteiger partial charge in [0.15, 0.2) is 11.5 Å². The van der Waals surface area contributed by atoms with E-state index in [2.05, 4.69) is 10.3 Å². The predicted octanol–water partition coefficient (Wildman–Crippen LogP) is 2.59. The highest BCUT2D eigenvalue weighted by Crippen LogP contribution is 2.32. The highest BCUT2D eigenvalue weighted by molar-refractivity contribution is 5.92. The van der Waals surface area contributed by atoms with Crippen LogP contribution in [-0.2, 0) is 11.3 Å². The highest BCUT2D eigenvalue weighted by atomic mass is 16.7. The molecule has 130 valence electrons. The molecule has 0 spiro atoms. The first kappa shape index (κ1) is 16.0. The minimum absolute atomic E-state index is 0.216. The van der Waals surface area contributed by atoms with E-state index in [9.17, 15) is 9.59 Å². The minimum Gasteiger partial charge on any atom is -0.454 e. The van der Waals surface area contributed by atoms with Crippen LogP contribution in [0.3, 0.4) is 0 Å². The van der Waals surface area contributed by atoms with Gasteiger partial charge in [0, 0.05) is 23.7 Å². The zero-order chi connectivity index (χ0) is 17.9. The molecule has 2 heterocycles. The molecule has 0 unspecified atom stereocenters. The Hall–Kier alpha value is -3.54. The normalized spacial score (nSPS) is 12.6. The maximum atomic E-state index is 12.1. The lowest BCUT2D eigenvalue weighted by Gasteiger charge is -2.04. The Morgan fingerprint density at radius 2 is 1.96 bits per heavy atom. The van der Waals surface area contributed by atoms with Gasteiger partial charge in [-0.1, -0.05) is 24.3 Å². The molecule has 2 N–H and O–H groups in total. The minimum atomic E-state index is -0.282. The van der Waals surface area contributed by atoms with Crippen LogP contribution in [0.15, 0.2) is 59.4 Å². The second-order valence-corrected chi connectivity index (χ2v) is 5.88. The van der Waals surface area contributed by atoms with Crippen molar-refractivity contribution in [2.24, 2.45) is 0 Å². The number of hydrogen-bond acceptors (Lipinski definition) is 4. The van der Waals surface area contributed by atoms with Crippen molar-refractivity contribution in [3.63, 3.8) is 0 Å². The third-order valence-electron chi connectivity index (χ3n) is 4.10. The summed E-state index contributed by atoms with van der Waals surface area (Å²) in [5, 5.41) is 3.69. The van der Waals surface area contributed by atoms with Crippen molar-refractivity contribution >= 4 is 22.9 Å². The van der Waals surface area contributed by atoms with Gasteiger partial charge < -0.3 is 19.8 Å². The summed E-state index contributed by atoms with van der Waals surface area (Å²) in [6.45, 7) is 0.572. The molecule has 2 aromatic carbocycles. The molecule has 0 saturated heterocycles. The summed E-state index contributed by atoms with van der Waals surface area (Å²) in [6.07, 6.45) is 2.87. The molecule has 3 aromatic rings. The zero-order valence-corrected chi connectivity index (χ0v) is 13.8. The number of aromatic nitrogens is 1. The van der Waals surface area contributed by atoms with E-state index < -0.39 is 0 Å². The first-order valence-corrected chi connectivity index (χ1v) is 8.15. The number of ether oxygens (including phenoxy) is 2. The Labute approximate surface area is 149 Å². The molecule has 0 atom stereocenters. The lowest BCUT2D eigenvalue weighted by atomic mass is 10.1. The van der Waals surface area contributed by atoms with Gasteiger partial charge in [-0.15, -0.1) is 0 Å². The van der Waals surface area contributed by atoms with Crippen LogP contribution in [0.5, 0.6) is 11.5 Å². The third kappa shape index (κ3) is 3.30. The van der Waals surface area contributed by atoms with Crippen LogP contribution in [0.1, 0.15) is 11.1 Å². The largest absolute Gasteiger partial charge is 0.454 e. The van der Waals surface area contributed by atoms with Crippen LogP contribution in [0.4, 0.5) is 0 Å². The van der Waals surface area contributed by atoms with Crippen LogP contribution >= 0.6 is 0 Å². The Kier molecular flexibility index (Phi) is 4.15. The third-order valence-corrected chi connectivity index (χ3v) is 4.10. The van der Waals surface area contributed by atoms with E-state index in [0.717, 1.165) is 16.5 Å².